The van der Waals surface area contributed by atoms with Gasteiger partial charge in [-0.1, -0.05) is 20.8 Å². The smallest absolute Gasteiger partial charge is 0.317 e. The van der Waals surface area contributed by atoms with E-state index in [2.05, 4.69) is 31.4 Å². The molecule has 0 aromatic rings. The molecule has 3 rings (SSSR count). The van der Waals surface area contributed by atoms with Crippen LogP contribution >= 0.6 is 0 Å². The highest BCUT2D eigenvalue weighted by atomic mass is 16.5. The van der Waals surface area contributed by atoms with Gasteiger partial charge in [0.2, 0.25) is 5.91 Å². The molecule has 3 amide bonds. The highest BCUT2D eigenvalue weighted by molar-refractivity contribution is 5.79. The van der Waals surface area contributed by atoms with Gasteiger partial charge in [0.05, 0.1) is 24.3 Å². The van der Waals surface area contributed by atoms with Crippen molar-refractivity contribution in [3.8, 4) is 0 Å². The van der Waals surface area contributed by atoms with Gasteiger partial charge in [0, 0.05) is 19.5 Å². The molecule has 1 saturated carbocycles. The maximum absolute atomic E-state index is 12.8. The highest BCUT2D eigenvalue weighted by Crippen LogP contribution is 2.28. The zero-order chi connectivity index (χ0) is 18.0. The van der Waals surface area contributed by atoms with E-state index in [4.69, 9.17) is 4.74 Å². The van der Waals surface area contributed by atoms with Crippen LogP contribution in [0.25, 0.3) is 0 Å². The van der Waals surface area contributed by atoms with Crippen molar-refractivity contribution in [1.82, 2.24) is 15.5 Å². The molecule has 2 heterocycles. The molecule has 2 saturated heterocycles. The second kappa shape index (κ2) is 7.52. The number of carbonyl (C=O) groups excluding carboxylic acids is 2. The standard InChI is InChI=1S/C19H33N3O3/c1-19(2,3)17-15(9-10-16(23)21-17)20-18(24)22-11-5-8-14(12-22)25-13-6-4-7-13/h13-15,17H,4-12H2,1-3H3,(H,20,24)(H,21,23)/t14?,15-,17-/m1/s1. The first-order valence-electron chi connectivity index (χ1n) is 9.83. The highest BCUT2D eigenvalue weighted by Gasteiger charge is 2.38. The SMILES string of the molecule is CC(C)(C)[C@@H]1NC(=O)CC[C@H]1NC(=O)N1CCCC(OC2CCC2)C1. The molecule has 0 aromatic heterocycles. The third-order valence-corrected chi connectivity index (χ3v) is 5.75. The number of likely N-dealkylation sites (tertiary alicyclic amines) is 1. The summed E-state index contributed by atoms with van der Waals surface area (Å²) in [6.45, 7) is 7.78. The molecule has 1 unspecified atom stereocenters. The Balaban J connectivity index is 1.55. The number of nitrogens with one attached hydrogen (secondary N) is 2. The summed E-state index contributed by atoms with van der Waals surface area (Å²) >= 11 is 0. The molecular formula is C19H33N3O3. The number of rotatable bonds is 3. The third kappa shape index (κ3) is 4.66. The van der Waals surface area contributed by atoms with Crippen LogP contribution in [0.2, 0.25) is 0 Å². The number of amides is 3. The Hall–Kier alpha value is -1.30. The zero-order valence-electron chi connectivity index (χ0n) is 15.8. The fourth-order valence-electron chi connectivity index (χ4n) is 4.04. The molecule has 2 aliphatic heterocycles. The van der Waals surface area contributed by atoms with Crippen molar-refractivity contribution >= 4 is 11.9 Å². The molecule has 2 N–H and O–H groups in total. The Morgan fingerprint density at radius 3 is 2.52 bits per heavy atom. The molecule has 0 bridgehead atoms. The molecular weight excluding hydrogens is 318 g/mol. The van der Waals surface area contributed by atoms with Crippen LogP contribution in [0.4, 0.5) is 4.79 Å². The van der Waals surface area contributed by atoms with Crippen molar-refractivity contribution in [2.45, 2.75) is 90.0 Å². The summed E-state index contributed by atoms with van der Waals surface area (Å²) in [5, 5.41) is 6.25. The normalized spacial score (nSPS) is 31.2. The van der Waals surface area contributed by atoms with E-state index in [1.165, 1.54) is 6.42 Å². The van der Waals surface area contributed by atoms with Gasteiger partial charge < -0.3 is 20.3 Å². The van der Waals surface area contributed by atoms with Crippen molar-refractivity contribution in [3.05, 3.63) is 0 Å². The Bertz CT molecular complexity index is 499. The monoisotopic (exact) mass is 351 g/mol. The van der Waals surface area contributed by atoms with Crippen LogP contribution in [0, 0.1) is 5.41 Å². The van der Waals surface area contributed by atoms with Gasteiger partial charge in [0.25, 0.3) is 0 Å². The molecule has 6 nitrogen and oxygen atoms in total. The predicted molar refractivity (Wildman–Crippen MR) is 96.3 cm³/mol. The first kappa shape index (κ1) is 18.5. The molecule has 3 fully saturated rings. The Kier molecular flexibility index (Phi) is 5.56. The molecule has 6 heteroatoms. The van der Waals surface area contributed by atoms with Gasteiger partial charge in [-0.2, -0.15) is 0 Å². The maximum atomic E-state index is 12.8. The number of carbonyl (C=O) groups is 2. The Morgan fingerprint density at radius 1 is 1.16 bits per heavy atom. The van der Waals surface area contributed by atoms with Gasteiger partial charge >= 0.3 is 6.03 Å². The summed E-state index contributed by atoms with van der Waals surface area (Å²) in [5.74, 6) is 0.0809. The van der Waals surface area contributed by atoms with Crippen LogP contribution < -0.4 is 10.6 Å². The summed E-state index contributed by atoms with van der Waals surface area (Å²) < 4.78 is 6.11. The lowest BCUT2D eigenvalue weighted by Gasteiger charge is -2.42. The van der Waals surface area contributed by atoms with Crippen LogP contribution in [0.15, 0.2) is 0 Å². The number of nitrogens with zero attached hydrogens (tertiary/aromatic N) is 1. The molecule has 0 aromatic carbocycles. The molecule has 3 atom stereocenters. The first-order chi connectivity index (χ1) is 11.8. The molecule has 142 valence electrons. The van der Waals surface area contributed by atoms with Crippen LogP contribution in [-0.4, -0.2) is 54.2 Å². The topological polar surface area (TPSA) is 70.7 Å². The molecule has 0 spiro atoms. The van der Waals surface area contributed by atoms with Crippen molar-refractivity contribution in [3.63, 3.8) is 0 Å². The summed E-state index contributed by atoms with van der Waals surface area (Å²) in [5.41, 5.74) is -0.0915. The van der Waals surface area contributed by atoms with Crippen molar-refractivity contribution in [2.75, 3.05) is 13.1 Å². The van der Waals surface area contributed by atoms with E-state index in [0.29, 0.717) is 25.5 Å². The molecule has 25 heavy (non-hydrogen) atoms. The van der Waals surface area contributed by atoms with Crippen LogP contribution in [0.5, 0.6) is 0 Å². The minimum atomic E-state index is -0.0915. The number of ether oxygens (including phenoxy) is 1. The van der Waals surface area contributed by atoms with Crippen LogP contribution in [0.1, 0.15) is 65.7 Å². The first-order valence-corrected chi connectivity index (χ1v) is 9.83. The Morgan fingerprint density at radius 2 is 1.88 bits per heavy atom. The quantitative estimate of drug-likeness (QED) is 0.820. The lowest BCUT2D eigenvalue weighted by atomic mass is 9.79. The number of urea groups is 1. The largest absolute Gasteiger partial charge is 0.373 e. The average molecular weight is 351 g/mol. The van der Waals surface area contributed by atoms with Gasteiger partial charge in [-0.3, -0.25) is 4.79 Å². The lowest BCUT2D eigenvalue weighted by molar-refractivity contribution is -0.125. The van der Waals surface area contributed by atoms with Gasteiger partial charge in [-0.15, -0.1) is 0 Å². The molecule has 1 aliphatic carbocycles. The van der Waals surface area contributed by atoms with Crippen molar-refractivity contribution in [1.29, 1.82) is 0 Å². The number of hydrogen-bond acceptors (Lipinski definition) is 3. The summed E-state index contributed by atoms with van der Waals surface area (Å²) in [4.78, 5) is 26.5. The zero-order valence-corrected chi connectivity index (χ0v) is 15.8. The second-order valence-electron chi connectivity index (χ2n) is 8.91. The minimum absolute atomic E-state index is 0.0156. The fourth-order valence-corrected chi connectivity index (χ4v) is 4.04. The molecule has 3 aliphatic rings. The number of piperidine rings is 2. The summed E-state index contributed by atoms with van der Waals surface area (Å²) in [7, 11) is 0. The van der Waals surface area contributed by atoms with Crippen molar-refractivity contribution < 1.29 is 14.3 Å². The van der Waals surface area contributed by atoms with E-state index >= 15 is 0 Å². The van der Waals surface area contributed by atoms with E-state index < -0.39 is 0 Å². The van der Waals surface area contributed by atoms with Crippen LogP contribution in [0.3, 0.4) is 0 Å². The summed E-state index contributed by atoms with van der Waals surface area (Å²) in [6, 6.07) is -0.0695. The second-order valence-corrected chi connectivity index (χ2v) is 8.91. The average Bonchev–Trinajstić information content (AvgIpc) is 2.52. The Labute approximate surface area is 151 Å². The molecule has 0 radical (unpaired) electrons. The van der Waals surface area contributed by atoms with Crippen molar-refractivity contribution in [2.24, 2.45) is 5.41 Å². The van der Waals surface area contributed by atoms with Gasteiger partial charge in [0.1, 0.15) is 0 Å². The van der Waals surface area contributed by atoms with Gasteiger partial charge in [-0.05, 0) is 43.9 Å². The van der Waals surface area contributed by atoms with E-state index in [1.54, 1.807) is 0 Å². The van der Waals surface area contributed by atoms with Gasteiger partial charge in [-0.25, -0.2) is 4.79 Å². The van der Waals surface area contributed by atoms with Crippen LogP contribution in [-0.2, 0) is 9.53 Å². The fraction of sp³-hybridized carbons (Fsp3) is 0.895. The van der Waals surface area contributed by atoms with E-state index in [-0.39, 0.29) is 35.5 Å². The lowest BCUT2D eigenvalue weighted by Crippen LogP contribution is -2.62. The van der Waals surface area contributed by atoms with E-state index in [9.17, 15) is 9.59 Å². The maximum Gasteiger partial charge on any atom is 0.317 e. The van der Waals surface area contributed by atoms with E-state index in [1.807, 2.05) is 4.90 Å². The van der Waals surface area contributed by atoms with Gasteiger partial charge in [0.15, 0.2) is 0 Å². The third-order valence-electron chi connectivity index (χ3n) is 5.75. The summed E-state index contributed by atoms with van der Waals surface area (Å²) in [6.07, 6.45) is 7.40. The predicted octanol–water partition coefficient (Wildman–Crippen LogP) is 2.42. The van der Waals surface area contributed by atoms with E-state index in [0.717, 1.165) is 32.2 Å². The minimum Gasteiger partial charge on any atom is -0.373 e. The number of hydrogen-bond donors (Lipinski definition) is 2.